The fourth-order valence-corrected chi connectivity index (χ4v) is 2.64. The van der Waals surface area contributed by atoms with Crippen LogP contribution in [0, 0.1) is 0 Å². The predicted molar refractivity (Wildman–Crippen MR) is 91.7 cm³/mol. The van der Waals surface area contributed by atoms with Crippen LogP contribution in [0.3, 0.4) is 0 Å². The number of alkyl halides is 2. The van der Waals surface area contributed by atoms with Crippen molar-refractivity contribution in [1.29, 1.82) is 0 Å². The smallest absolute Gasteiger partial charge is 0.132 e. The lowest BCUT2D eigenvalue weighted by Gasteiger charge is -2.24. The van der Waals surface area contributed by atoms with E-state index in [1.54, 1.807) is 6.92 Å². The zero-order chi connectivity index (χ0) is 16.5. The summed E-state index contributed by atoms with van der Waals surface area (Å²) in [5.74, 6) is 0. The van der Waals surface area contributed by atoms with Crippen molar-refractivity contribution in [3.8, 4) is 0 Å². The summed E-state index contributed by atoms with van der Waals surface area (Å²) in [6.07, 6.45) is -2.27. The molecule has 0 fully saturated rings. The van der Waals surface area contributed by atoms with Gasteiger partial charge >= 0.3 is 0 Å². The number of halogens is 2. The van der Waals surface area contributed by atoms with E-state index in [-0.39, 0.29) is 12.8 Å². The number of hydrogen-bond donors (Lipinski definition) is 0. The van der Waals surface area contributed by atoms with Crippen LogP contribution in [-0.4, -0.2) is 23.8 Å². The van der Waals surface area contributed by atoms with Gasteiger partial charge in [0.2, 0.25) is 0 Å². The molecule has 0 aliphatic heterocycles. The molecule has 2 aromatic carbocycles. The van der Waals surface area contributed by atoms with E-state index >= 15 is 0 Å². The number of hydrogen-bond acceptors (Lipinski definition) is 1. The van der Waals surface area contributed by atoms with Crippen LogP contribution >= 0.6 is 0 Å². The summed E-state index contributed by atoms with van der Waals surface area (Å²) < 4.78 is 27.3. The Morgan fingerprint density at radius 1 is 0.783 bits per heavy atom. The molecule has 2 rings (SSSR count). The molecule has 124 valence electrons. The second-order valence-corrected chi connectivity index (χ2v) is 5.91. The van der Waals surface area contributed by atoms with Crippen LogP contribution in [-0.2, 0) is 13.1 Å². The lowest BCUT2D eigenvalue weighted by Crippen LogP contribution is -2.28. The Hall–Kier alpha value is -1.74. The third-order valence-electron chi connectivity index (χ3n) is 4.00. The zero-order valence-electron chi connectivity index (χ0n) is 13.7. The average molecular weight is 317 g/mol. The third-order valence-corrected chi connectivity index (χ3v) is 4.00. The highest BCUT2D eigenvalue weighted by Crippen LogP contribution is 2.15. The summed E-state index contributed by atoms with van der Waals surface area (Å²) in [6, 6.07) is 20.2. The molecule has 0 aromatic heterocycles. The van der Waals surface area contributed by atoms with Gasteiger partial charge in [-0.3, -0.25) is 4.90 Å². The Morgan fingerprint density at radius 2 is 1.26 bits per heavy atom. The SMILES string of the molecule is CC[C@H](F)[C@H](F)CCN(Cc1ccccc1)Cc1ccccc1. The first-order chi connectivity index (χ1) is 11.2. The molecule has 0 bridgehead atoms. The second-order valence-electron chi connectivity index (χ2n) is 5.91. The highest BCUT2D eigenvalue weighted by Gasteiger charge is 2.19. The largest absolute Gasteiger partial charge is 0.295 e. The molecule has 23 heavy (non-hydrogen) atoms. The minimum absolute atomic E-state index is 0.231. The van der Waals surface area contributed by atoms with E-state index in [1.165, 1.54) is 11.1 Å². The molecule has 2 aromatic rings. The van der Waals surface area contributed by atoms with Gasteiger partial charge in [0.05, 0.1) is 0 Å². The van der Waals surface area contributed by atoms with Gasteiger partial charge in [0, 0.05) is 19.6 Å². The predicted octanol–water partition coefficient (Wildman–Crippen LogP) is 5.17. The summed E-state index contributed by atoms with van der Waals surface area (Å²) in [5.41, 5.74) is 2.37. The normalized spacial score (nSPS) is 13.9. The zero-order valence-corrected chi connectivity index (χ0v) is 13.7. The van der Waals surface area contributed by atoms with E-state index in [0.29, 0.717) is 6.54 Å². The lowest BCUT2D eigenvalue weighted by atomic mass is 10.1. The van der Waals surface area contributed by atoms with Crippen LogP contribution in [0.5, 0.6) is 0 Å². The Bertz CT molecular complexity index is 503. The van der Waals surface area contributed by atoms with Gasteiger partial charge in [-0.15, -0.1) is 0 Å². The molecule has 2 atom stereocenters. The van der Waals surface area contributed by atoms with Gasteiger partial charge in [0.15, 0.2) is 0 Å². The molecular weight excluding hydrogens is 292 g/mol. The van der Waals surface area contributed by atoms with Crippen molar-refractivity contribution >= 4 is 0 Å². The molecule has 0 saturated carbocycles. The van der Waals surface area contributed by atoms with Crippen LogP contribution in [0.4, 0.5) is 8.78 Å². The van der Waals surface area contributed by atoms with Gasteiger partial charge in [0.1, 0.15) is 12.3 Å². The minimum Gasteiger partial charge on any atom is -0.295 e. The maximum atomic E-state index is 13.8. The van der Waals surface area contributed by atoms with Crippen molar-refractivity contribution < 1.29 is 8.78 Å². The van der Waals surface area contributed by atoms with Crippen molar-refractivity contribution in [1.82, 2.24) is 4.90 Å². The van der Waals surface area contributed by atoms with Crippen molar-refractivity contribution in [2.45, 2.75) is 45.2 Å². The Balaban J connectivity index is 1.99. The monoisotopic (exact) mass is 317 g/mol. The molecule has 0 radical (unpaired) electrons. The quantitative estimate of drug-likeness (QED) is 0.617. The number of nitrogens with zero attached hydrogens (tertiary/aromatic N) is 1. The first-order valence-corrected chi connectivity index (χ1v) is 8.27. The van der Waals surface area contributed by atoms with E-state index in [4.69, 9.17) is 0 Å². The number of rotatable bonds is 9. The molecule has 0 N–H and O–H groups in total. The van der Waals surface area contributed by atoms with Crippen molar-refractivity contribution in [3.05, 3.63) is 71.8 Å². The first kappa shape index (κ1) is 17.6. The highest BCUT2D eigenvalue weighted by atomic mass is 19.2. The van der Waals surface area contributed by atoms with Gasteiger partial charge in [-0.2, -0.15) is 0 Å². The molecule has 0 saturated heterocycles. The molecule has 0 aliphatic rings. The van der Waals surface area contributed by atoms with Crippen LogP contribution in [0.2, 0.25) is 0 Å². The van der Waals surface area contributed by atoms with Gasteiger partial charge in [-0.1, -0.05) is 67.6 Å². The molecule has 0 spiro atoms. The summed E-state index contributed by atoms with van der Waals surface area (Å²) in [5, 5.41) is 0. The fraction of sp³-hybridized carbons (Fsp3) is 0.400. The van der Waals surface area contributed by atoms with E-state index in [0.717, 1.165) is 13.1 Å². The maximum absolute atomic E-state index is 13.8. The highest BCUT2D eigenvalue weighted by molar-refractivity contribution is 5.17. The summed E-state index contributed by atoms with van der Waals surface area (Å²) in [7, 11) is 0. The molecule has 3 heteroatoms. The van der Waals surface area contributed by atoms with E-state index in [2.05, 4.69) is 29.2 Å². The van der Waals surface area contributed by atoms with Crippen LogP contribution in [0.15, 0.2) is 60.7 Å². The summed E-state index contributed by atoms with van der Waals surface area (Å²) in [4.78, 5) is 2.18. The van der Waals surface area contributed by atoms with Crippen molar-refractivity contribution in [2.75, 3.05) is 6.54 Å². The third kappa shape index (κ3) is 6.11. The Kier molecular flexibility index (Phi) is 7.21. The molecule has 0 unspecified atom stereocenters. The Labute approximate surface area is 137 Å². The van der Waals surface area contributed by atoms with E-state index in [9.17, 15) is 8.78 Å². The maximum Gasteiger partial charge on any atom is 0.132 e. The number of benzene rings is 2. The second kappa shape index (κ2) is 9.41. The van der Waals surface area contributed by atoms with Crippen LogP contribution in [0.25, 0.3) is 0 Å². The standard InChI is InChI=1S/C20H25F2N/c1-2-19(21)20(22)13-14-23(15-17-9-5-3-6-10-17)16-18-11-7-4-8-12-18/h3-12,19-20H,2,13-16H2,1H3/t19-,20+/m0/s1. The first-order valence-electron chi connectivity index (χ1n) is 8.27. The van der Waals surface area contributed by atoms with Crippen LogP contribution < -0.4 is 0 Å². The molecule has 0 heterocycles. The van der Waals surface area contributed by atoms with Gasteiger partial charge in [-0.25, -0.2) is 8.78 Å². The molecular formula is C20H25F2N. The summed E-state index contributed by atoms with van der Waals surface area (Å²) in [6.45, 7) is 3.71. The molecule has 0 amide bonds. The van der Waals surface area contributed by atoms with Gasteiger partial charge in [0.25, 0.3) is 0 Å². The van der Waals surface area contributed by atoms with E-state index < -0.39 is 12.3 Å². The molecule has 1 nitrogen and oxygen atoms in total. The fourth-order valence-electron chi connectivity index (χ4n) is 2.64. The topological polar surface area (TPSA) is 3.24 Å². The van der Waals surface area contributed by atoms with Gasteiger partial charge < -0.3 is 0 Å². The minimum atomic E-state index is -1.38. The molecule has 0 aliphatic carbocycles. The van der Waals surface area contributed by atoms with Crippen LogP contribution in [0.1, 0.15) is 30.9 Å². The Morgan fingerprint density at radius 3 is 1.70 bits per heavy atom. The van der Waals surface area contributed by atoms with E-state index in [1.807, 2.05) is 36.4 Å². The van der Waals surface area contributed by atoms with Gasteiger partial charge in [-0.05, 0) is 24.0 Å². The lowest BCUT2D eigenvalue weighted by molar-refractivity contribution is 0.131. The summed E-state index contributed by atoms with van der Waals surface area (Å²) >= 11 is 0. The van der Waals surface area contributed by atoms with Crippen molar-refractivity contribution in [2.24, 2.45) is 0 Å². The van der Waals surface area contributed by atoms with Crippen molar-refractivity contribution in [3.63, 3.8) is 0 Å². The average Bonchev–Trinajstić information content (AvgIpc) is 2.60.